The lowest BCUT2D eigenvalue weighted by Gasteiger charge is -2.39. The Balaban J connectivity index is 2.19. The summed E-state index contributed by atoms with van der Waals surface area (Å²) in [4.78, 5) is 18.9. The third-order valence-corrected chi connectivity index (χ3v) is 9.64. The fourth-order valence-corrected chi connectivity index (χ4v) is 3.52. The Morgan fingerprint density at radius 3 is 2.21 bits per heavy atom. The molecule has 0 N–H and O–H groups in total. The molecule has 2 rings (SSSR count). The molecular weight excluding hydrogens is 370 g/mol. The Kier molecular flexibility index (Phi) is 6.79. The van der Waals surface area contributed by atoms with Gasteiger partial charge in [-0.2, -0.15) is 5.06 Å². The van der Waals surface area contributed by atoms with Crippen LogP contribution in [0.5, 0.6) is 0 Å². The van der Waals surface area contributed by atoms with Crippen LogP contribution in [-0.4, -0.2) is 37.8 Å². The molecule has 0 saturated heterocycles. The minimum atomic E-state index is -1.91. The predicted octanol–water partition coefficient (Wildman–Crippen LogP) is 5.86. The topological polar surface area (TPSA) is 48.0 Å². The van der Waals surface area contributed by atoms with Crippen molar-refractivity contribution in [3.63, 3.8) is 0 Å². The SMILES string of the molecule is CC(C)(C)OC(=O)N1O[C@H](CO[Si](C)(C)C(C)(C)C)C=C[C@@H]1c1ccccc1. The molecule has 0 fully saturated rings. The molecule has 1 heterocycles. The van der Waals surface area contributed by atoms with Gasteiger partial charge >= 0.3 is 6.09 Å². The Morgan fingerprint density at radius 1 is 1.07 bits per heavy atom. The fraction of sp³-hybridized carbons (Fsp3) is 0.591. The molecule has 0 bridgehead atoms. The number of carbonyl (C=O) groups excluding carboxylic acids is 1. The van der Waals surface area contributed by atoms with Crippen molar-refractivity contribution in [3.05, 3.63) is 48.0 Å². The Hall–Kier alpha value is -1.63. The molecular formula is C22H35NO4Si. The van der Waals surface area contributed by atoms with Gasteiger partial charge in [0.2, 0.25) is 0 Å². The summed E-state index contributed by atoms with van der Waals surface area (Å²) in [5.74, 6) is 0. The highest BCUT2D eigenvalue weighted by Crippen LogP contribution is 2.37. The molecule has 1 amide bonds. The quantitative estimate of drug-likeness (QED) is 0.465. The fourth-order valence-electron chi connectivity index (χ4n) is 2.51. The van der Waals surface area contributed by atoms with Gasteiger partial charge in [0.25, 0.3) is 0 Å². The van der Waals surface area contributed by atoms with E-state index in [0.717, 1.165) is 5.56 Å². The summed E-state index contributed by atoms with van der Waals surface area (Å²) in [6.07, 6.45) is 3.14. The van der Waals surface area contributed by atoms with Crippen LogP contribution in [0, 0.1) is 0 Å². The van der Waals surface area contributed by atoms with E-state index in [4.69, 9.17) is 14.0 Å². The average Bonchev–Trinajstić information content (AvgIpc) is 2.58. The summed E-state index contributed by atoms with van der Waals surface area (Å²) < 4.78 is 11.9. The standard InChI is InChI=1S/C22H35NO4Si/c1-21(2,3)26-20(24)23-19(17-12-10-9-11-13-17)15-14-18(27-23)16-25-28(7,8)22(4,5)6/h9-15,18-19H,16H2,1-8H3/t18-,19+/m0/s1. The molecule has 1 aromatic rings. The van der Waals surface area contributed by atoms with Gasteiger partial charge in [-0.15, -0.1) is 0 Å². The van der Waals surface area contributed by atoms with Gasteiger partial charge in [0, 0.05) is 0 Å². The maximum absolute atomic E-state index is 12.8. The van der Waals surface area contributed by atoms with Gasteiger partial charge < -0.3 is 9.16 Å². The Bertz CT molecular complexity index is 689. The van der Waals surface area contributed by atoms with Crippen LogP contribution in [0.3, 0.4) is 0 Å². The number of rotatable bonds is 4. The summed E-state index contributed by atoms with van der Waals surface area (Å²) in [6, 6.07) is 9.46. The predicted molar refractivity (Wildman–Crippen MR) is 114 cm³/mol. The zero-order valence-electron chi connectivity index (χ0n) is 18.5. The van der Waals surface area contributed by atoms with E-state index in [-0.39, 0.29) is 17.2 Å². The zero-order chi connectivity index (χ0) is 21.2. The van der Waals surface area contributed by atoms with Crippen molar-refractivity contribution in [2.75, 3.05) is 6.61 Å². The van der Waals surface area contributed by atoms with Crippen LogP contribution >= 0.6 is 0 Å². The summed E-state index contributed by atoms with van der Waals surface area (Å²) >= 11 is 0. The number of amides is 1. The molecule has 1 aliphatic heterocycles. The second kappa shape index (κ2) is 8.39. The molecule has 0 aromatic heterocycles. The first kappa shape index (κ1) is 22.7. The van der Waals surface area contributed by atoms with Crippen LogP contribution in [0.2, 0.25) is 18.1 Å². The second-order valence-electron chi connectivity index (χ2n) is 9.76. The molecule has 5 nitrogen and oxygen atoms in total. The van der Waals surface area contributed by atoms with Crippen molar-refractivity contribution in [2.45, 2.75) is 77.4 Å². The smallest absolute Gasteiger partial charge is 0.435 e. The Morgan fingerprint density at radius 2 is 1.68 bits per heavy atom. The van der Waals surface area contributed by atoms with E-state index < -0.39 is 20.0 Å². The van der Waals surface area contributed by atoms with E-state index in [0.29, 0.717) is 6.61 Å². The van der Waals surface area contributed by atoms with Crippen LogP contribution in [0.15, 0.2) is 42.5 Å². The van der Waals surface area contributed by atoms with Gasteiger partial charge in [0.15, 0.2) is 8.32 Å². The second-order valence-corrected chi connectivity index (χ2v) is 14.6. The molecule has 156 valence electrons. The van der Waals surface area contributed by atoms with Gasteiger partial charge in [-0.05, 0) is 44.5 Å². The third kappa shape index (κ3) is 5.93. The highest BCUT2D eigenvalue weighted by molar-refractivity contribution is 6.74. The largest absolute Gasteiger partial charge is 0.442 e. The molecule has 28 heavy (non-hydrogen) atoms. The monoisotopic (exact) mass is 405 g/mol. The van der Waals surface area contributed by atoms with Crippen LogP contribution in [0.4, 0.5) is 4.79 Å². The van der Waals surface area contributed by atoms with E-state index in [9.17, 15) is 4.79 Å². The van der Waals surface area contributed by atoms with E-state index in [1.54, 1.807) is 0 Å². The van der Waals surface area contributed by atoms with E-state index >= 15 is 0 Å². The minimum Gasteiger partial charge on any atom is -0.442 e. The Labute approximate surface area is 170 Å². The maximum atomic E-state index is 12.8. The van der Waals surface area contributed by atoms with E-state index in [1.807, 2.05) is 63.3 Å². The number of hydroxylamine groups is 2. The number of nitrogens with zero attached hydrogens (tertiary/aromatic N) is 1. The molecule has 0 unspecified atom stereocenters. The molecule has 6 heteroatoms. The minimum absolute atomic E-state index is 0.114. The van der Waals surface area contributed by atoms with Crippen molar-refractivity contribution in [1.29, 1.82) is 0 Å². The lowest BCUT2D eigenvalue weighted by atomic mass is 10.0. The maximum Gasteiger partial charge on any atom is 0.435 e. The van der Waals surface area contributed by atoms with E-state index in [2.05, 4.69) is 33.9 Å². The highest BCUT2D eigenvalue weighted by Gasteiger charge is 2.39. The van der Waals surface area contributed by atoms with Crippen molar-refractivity contribution in [3.8, 4) is 0 Å². The molecule has 0 saturated carbocycles. The highest BCUT2D eigenvalue weighted by atomic mass is 28.4. The molecule has 0 spiro atoms. The summed E-state index contributed by atoms with van der Waals surface area (Å²) in [5.41, 5.74) is 0.365. The summed E-state index contributed by atoms with van der Waals surface area (Å²) in [5, 5.41) is 1.45. The van der Waals surface area contributed by atoms with Crippen LogP contribution in [-0.2, 0) is 14.0 Å². The third-order valence-electron chi connectivity index (χ3n) is 5.14. The summed E-state index contributed by atoms with van der Waals surface area (Å²) in [7, 11) is -1.91. The van der Waals surface area contributed by atoms with Crippen molar-refractivity contribution in [1.82, 2.24) is 5.06 Å². The zero-order valence-corrected chi connectivity index (χ0v) is 19.5. The number of ether oxygens (including phenoxy) is 1. The van der Waals surface area contributed by atoms with Gasteiger partial charge in [0.05, 0.1) is 6.61 Å². The first-order valence-corrected chi connectivity index (χ1v) is 12.8. The first-order valence-electron chi connectivity index (χ1n) is 9.86. The number of benzene rings is 1. The number of carbonyl (C=O) groups is 1. The number of hydrogen-bond acceptors (Lipinski definition) is 4. The van der Waals surface area contributed by atoms with Crippen LogP contribution in [0.1, 0.15) is 53.1 Å². The molecule has 0 aliphatic carbocycles. The van der Waals surface area contributed by atoms with Crippen molar-refractivity contribution in [2.24, 2.45) is 0 Å². The first-order chi connectivity index (χ1) is 12.8. The van der Waals surface area contributed by atoms with Crippen molar-refractivity contribution < 1.29 is 18.8 Å². The molecule has 2 atom stereocenters. The van der Waals surface area contributed by atoms with Gasteiger partial charge in [-0.1, -0.05) is 63.3 Å². The van der Waals surface area contributed by atoms with Gasteiger partial charge in [0.1, 0.15) is 17.7 Å². The average molecular weight is 406 g/mol. The van der Waals surface area contributed by atoms with Crippen molar-refractivity contribution >= 4 is 14.4 Å². The van der Waals surface area contributed by atoms with Gasteiger partial charge in [-0.3, -0.25) is 4.84 Å². The normalized spacial score (nSPS) is 20.9. The van der Waals surface area contributed by atoms with E-state index in [1.165, 1.54) is 5.06 Å². The summed E-state index contributed by atoms with van der Waals surface area (Å²) in [6.45, 7) is 17.0. The van der Waals surface area contributed by atoms with Crippen LogP contribution in [0.25, 0.3) is 0 Å². The lowest BCUT2D eigenvalue weighted by Crippen LogP contribution is -2.46. The molecule has 1 aliphatic rings. The number of hydrogen-bond donors (Lipinski definition) is 0. The van der Waals surface area contributed by atoms with Gasteiger partial charge in [-0.25, -0.2) is 4.79 Å². The van der Waals surface area contributed by atoms with Crippen LogP contribution < -0.4 is 0 Å². The molecule has 1 aromatic carbocycles. The molecule has 0 radical (unpaired) electrons. The lowest BCUT2D eigenvalue weighted by molar-refractivity contribution is -0.198.